The largest absolute Gasteiger partial charge is 0.543 e. The minimum absolute atomic E-state index is 0.0279. The molecule has 1 heterocycles. The first-order valence-electron chi connectivity index (χ1n) is 11.1. The number of carbonyl (C=O) groups excluding carboxylic acids is 1. The smallest absolute Gasteiger partial charge is 0.416 e. The van der Waals surface area contributed by atoms with Crippen LogP contribution >= 0.6 is 11.6 Å². The summed E-state index contributed by atoms with van der Waals surface area (Å²) < 4.78 is 100. The molecule has 12 heteroatoms. The van der Waals surface area contributed by atoms with Crippen LogP contribution in [0, 0.1) is 5.82 Å². The van der Waals surface area contributed by atoms with E-state index in [1.54, 1.807) is 0 Å². The van der Waals surface area contributed by atoms with Crippen molar-refractivity contribution in [2.24, 2.45) is 0 Å². The number of ether oxygens (including phenoxy) is 1. The van der Waals surface area contributed by atoms with Crippen LogP contribution in [0.5, 0.6) is 5.75 Å². The Morgan fingerprint density at radius 1 is 0.921 bits per heavy atom. The summed E-state index contributed by atoms with van der Waals surface area (Å²) in [6, 6.07) is 7.18. The number of aromatic carboxylic acids is 1. The third kappa shape index (κ3) is 5.93. The number of nitrogens with zero attached hydrogens (tertiary/aromatic N) is 1. The number of alkyl halides is 6. The van der Waals surface area contributed by atoms with Gasteiger partial charge in [-0.3, -0.25) is 0 Å². The number of hydrogen-bond acceptors (Lipinski definition) is 4. The van der Waals surface area contributed by atoms with Crippen molar-refractivity contribution in [3.8, 4) is 5.75 Å². The average molecular weight is 559 g/mol. The molecule has 0 atom stereocenters. The summed E-state index contributed by atoms with van der Waals surface area (Å²) in [5.41, 5.74) is -2.92. The molecule has 0 unspecified atom stereocenters. The van der Waals surface area contributed by atoms with Crippen molar-refractivity contribution < 1.29 is 45.4 Å². The van der Waals surface area contributed by atoms with Crippen molar-refractivity contribution in [2.75, 3.05) is 0 Å². The maximum atomic E-state index is 13.6. The normalized spacial score (nSPS) is 14.2. The fraction of sp³-hybridized carbons (Fsp3) is 0.231. The minimum Gasteiger partial charge on any atom is -0.543 e. The van der Waals surface area contributed by atoms with Crippen LogP contribution in [0.15, 0.2) is 48.5 Å². The van der Waals surface area contributed by atoms with Crippen molar-refractivity contribution in [1.29, 1.82) is 0 Å². The number of allylic oxidation sites excluding steroid dienone is 2. The van der Waals surface area contributed by atoms with E-state index in [1.807, 2.05) is 0 Å². The second kappa shape index (κ2) is 10.3. The van der Waals surface area contributed by atoms with Crippen LogP contribution in [-0.4, -0.2) is 11.0 Å². The number of rotatable bonds is 6. The van der Waals surface area contributed by atoms with E-state index in [0.29, 0.717) is 24.1 Å². The summed E-state index contributed by atoms with van der Waals surface area (Å²) >= 11 is 6.01. The number of benzene rings is 2. The molecule has 0 saturated carbocycles. The van der Waals surface area contributed by atoms with Gasteiger partial charge >= 0.3 is 12.4 Å². The molecule has 1 aliphatic rings. The zero-order chi connectivity index (χ0) is 27.8. The molecule has 0 saturated heterocycles. The average Bonchev–Trinajstić information content (AvgIpc) is 3.32. The van der Waals surface area contributed by atoms with Gasteiger partial charge in [0.15, 0.2) is 0 Å². The van der Waals surface area contributed by atoms with Crippen molar-refractivity contribution in [2.45, 2.75) is 38.2 Å². The predicted molar refractivity (Wildman–Crippen MR) is 121 cm³/mol. The lowest BCUT2D eigenvalue weighted by Gasteiger charge is -2.18. The number of aromatic nitrogens is 1. The fourth-order valence-corrected chi connectivity index (χ4v) is 4.36. The maximum Gasteiger partial charge on any atom is 0.416 e. The zero-order valence-corrected chi connectivity index (χ0v) is 19.9. The van der Waals surface area contributed by atoms with E-state index in [4.69, 9.17) is 16.3 Å². The Hall–Kier alpha value is -3.60. The second-order valence-electron chi connectivity index (χ2n) is 8.46. The number of carboxylic acids is 1. The van der Waals surface area contributed by atoms with E-state index >= 15 is 0 Å². The number of hydrogen-bond donors (Lipinski definition) is 0. The quantitative estimate of drug-likeness (QED) is 0.307. The Bertz CT molecular complexity index is 1430. The first kappa shape index (κ1) is 27.4. The van der Waals surface area contributed by atoms with Gasteiger partial charge in [-0.2, -0.15) is 26.3 Å². The van der Waals surface area contributed by atoms with E-state index in [-0.39, 0.29) is 52.6 Å². The van der Waals surface area contributed by atoms with Gasteiger partial charge in [0.2, 0.25) is 0 Å². The van der Waals surface area contributed by atoms with Crippen molar-refractivity contribution in [3.63, 3.8) is 0 Å². The highest BCUT2D eigenvalue weighted by Gasteiger charge is 2.34. The lowest BCUT2D eigenvalue weighted by molar-refractivity contribution is -0.255. The van der Waals surface area contributed by atoms with Gasteiger partial charge in [0.25, 0.3) is 0 Å². The van der Waals surface area contributed by atoms with Gasteiger partial charge in [-0.1, -0.05) is 17.7 Å². The SMILES string of the molecule is O=C([O-])c1cc(C(F)(F)F)cc(C2=C(c3cc(C(F)(F)F)ccc3OCc3ccc(F)cc3Cl)CCC2)n1. The number of carboxylic acid groups (broad SMARTS) is 1. The number of halogens is 8. The van der Waals surface area contributed by atoms with Crippen LogP contribution < -0.4 is 9.84 Å². The van der Waals surface area contributed by atoms with E-state index in [2.05, 4.69) is 4.98 Å². The highest BCUT2D eigenvalue weighted by Crippen LogP contribution is 2.45. The molecule has 0 aliphatic heterocycles. The first-order chi connectivity index (χ1) is 17.7. The Kier molecular flexibility index (Phi) is 7.42. The molecule has 0 bridgehead atoms. The fourth-order valence-electron chi connectivity index (χ4n) is 4.14. The summed E-state index contributed by atoms with van der Waals surface area (Å²) in [5, 5.41) is 11.4. The topological polar surface area (TPSA) is 62.2 Å². The summed E-state index contributed by atoms with van der Waals surface area (Å²) in [4.78, 5) is 15.1. The molecule has 0 amide bonds. The van der Waals surface area contributed by atoms with E-state index in [1.165, 1.54) is 6.07 Å². The number of carbonyl (C=O) groups is 1. The number of pyridine rings is 1. The highest BCUT2D eigenvalue weighted by molar-refractivity contribution is 6.31. The second-order valence-corrected chi connectivity index (χ2v) is 8.86. The summed E-state index contributed by atoms with van der Waals surface area (Å²) in [6.45, 7) is -0.239. The molecule has 2 aromatic carbocycles. The Morgan fingerprint density at radius 2 is 1.61 bits per heavy atom. The van der Waals surface area contributed by atoms with E-state index in [9.17, 15) is 40.6 Å². The molecule has 38 heavy (non-hydrogen) atoms. The molecule has 4 rings (SSSR count). The van der Waals surface area contributed by atoms with Gasteiger partial charge in [-0.25, -0.2) is 9.37 Å². The molecule has 1 aliphatic carbocycles. The molecular formula is C26H16ClF7NO3-. The summed E-state index contributed by atoms with van der Waals surface area (Å²) in [6.07, 6.45) is -8.97. The van der Waals surface area contributed by atoms with Gasteiger partial charge in [0, 0.05) is 11.1 Å². The van der Waals surface area contributed by atoms with Gasteiger partial charge in [0.05, 0.1) is 33.5 Å². The van der Waals surface area contributed by atoms with Crippen LogP contribution in [0.25, 0.3) is 11.1 Å². The van der Waals surface area contributed by atoms with Crippen molar-refractivity contribution >= 4 is 28.7 Å². The maximum absolute atomic E-state index is 13.6. The Morgan fingerprint density at radius 3 is 2.24 bits per heavy atom. The van der Waals surface area contributed by atoms with Crippen LogP contribution in [-0.2, 0) is 19.0 Å². The standard InChI is InChI=1S/C26H17ClF7NO3/c27-20-11-16(28)6-4-13(20)12-38-23-7-5-14(25(29,30)31)8-19(23)17-2-1-3-18(17)21-9-15(26(32,33)34)10-22(35-21)24(36)37/h4-11H,1-3,12H2,(H,36,37)/p-1. The zero-order valence-electron chi connectivity index (χ0n) is 19.1. The molecular weight excluding hydrogens is 543 g/mol. The van der Waals surface area contributed by atoms with Gasteiger partial charge in [-0.05, 0) is 72.9 Å². The molecule has 0 radical (unpaired) electrons. The molecule has 1 aromatic heterocycles. The highest BCUT2D eigenvalue weighted by atomic mass is 35.5. The van der Waals surface area contributed by atoms with Crippen molar-refractivity contribution in [1.82, 2.24) is 4.98 Å². The molecule has 4 nitrogen and oxygen atoms in total. The monoisotopic (exact) mass is 558 g/mol. The lowest BCUT2D eigenvalue weighted by Crippen LogP contribution is -2.25. The minimum atomic E-state index is -4.90. The molecule has 0 spiro atoms. The summed E-state index contributed by atoms with van der Waals surface area (Å²) in [5.74, 6) is -2.56. The third-order valence-electron chi connectivity index (χ3n) is 5.92. The Labute approximate surface area is 216 Å². The van der Waals surface area contributed by atoms with Crippen LogP contribution in [0.3, 0.4) is 0 Å². The predicted octanol–water partition coefficient (Wildman–Crippen LogP) is 6.95. The molecule has 0 N–H and O–H groups in total. The molecule has 200 valence electrons. The molecule has 0 fully saturated rings. The van der Waals surface area contributed by atoms with Gasteiger partial charge < -0.3 is 14.6 Å². The van der Waals surface area contributed by atoms with Gasteiger partial charge in [0.1, 0.15) is 18.2 Å². The van der Waals surface area contributed by atoms with E-state index < -0.39 is 41.0 Å². The summed E-state index contributed by atoms with van der Waals surface area (Å²) in [7, 11) is 0. The van der Waals surface area contributed by atoms with Crippen molar-refractivity contribution in [3.05, 3.63) is 93.0 Å². The lowest BCUT2D eigenvalue weighted by atomic mass is 9.96. The van der Waals surface area contributed by atoms with Crippen LogP contribution in [0.1, 0.15) is 57.7 Å². The Balaban J connectivity index is 1.85. The van der Waals surface area contributed by atoms with Gasteiger partial charge in [-0.15, -0.1) is 0 Å². The van der Waals surface area contributed by atoms with E-state index in [0.717, 1.165) is 30.3 Å². The third-order valence-corrected chi connectivity index (χ3v) is 6.27. The first-order valence-corrected chi connectivity index (χ1v) is 11.4. The van der Waals surface area contributed by atoms with Crippen LogP contribution in [0.4, 0.5) is 30.7 Å². The molecule has 3 aromatic rings. The van der Waals surface area contributed by atoms with Crippen LogP contribution in [0.2, 0.25) is 5.02 Å².